The third kappa shape index (κ3) is 7.03. The van der Waals surface area contributed by atoms with Crippen LogP contribution in [0, 0.1) is 11.8 Å². The van der Waals surface area contributed by atoms with Crippen molar-refractivity contribution in [2.45, 2.75) is 111 Å². The minimum atomic E-state index is -2.58. The molecule has 3 rings (SSSR count). The number of rotatable bonds is 11. The Balaban J connectivity index is 1.84. The maximum atomic E-state index is 7.33. The summed E-state index contributed by atoms with van der Waals surface area (Å²) in [5.41, 5.74) is 0. The molecule has 0 spiro atoms. The second-order valence-electron chi connectivity index (χ2n) is 12.4. The van der Waals surface area contributed by atoms with Crippen LogP contribution in [0.4, 0.5) is 0 Å². The van der Waals surface area contributed by atoms with Gasteiger partial charge >= 0.3 is 0 Å². The molecule has 0 aliphatic carbocycles. The molecule has 4 heteroatoms. The smallest absolute Gasteiger partial charge is 0.261 e. The number of hydrogen-bond acceptors (Lipinski definition) is 3. The van der Waals surface area contributed by atoms with Gasteiger partial charge in [-0.15, -0.1) is 0 Å². The Bertz CT molecular complexity index is 940. The Morgan fingerprint density at radius 3 is 1.92 bits per heavy atom. The molecule has 1 aliphatic rings. The summed E-state index contributed by atoms with van der Waals surface area (Å²) in [6.07, 6.45) is 8.33. The highest BCUT2D eigenvalue weighted by Gasteiger charge is 2.51. The van der Waals surface area contributed by atoms with Gasteiger partial charge in [0, 0.05) is 12.0 Å². The third-order valence-corrected chi connectivity index (χ3v) is 13.0. The second-order valence-corrected chi connectivity index (χ2v) is 16.6. The van der Waals surface area contributed by atoms with Gasteiger partial charge in [-0.05, 0) is 48.5 Å². The van der Waals surface area contributed by atoms with E-state index < -0.39 is 14.1 Å². The van der Waals surface area contributed by atoms with Gasteiger partial charge in [-0.2, -0.15) is 0 Å². The molecule has 1 saturated heterocycles. The molecule has 0 radical (unpaired) electrons. The summed E-state index contributed by atoms with van der Waals surface area (Å²) in [5.74, 6) is 0.0101. The van der Waals surface area contributed by atoms with Crippen molar-refractivity contribution in [2.24, 2.45) is 11.8 Å². The number of benzene rings is 2. The van der Waals surface area contributed by atoms with Crippen LogP contribution >= 0.6 is 0 Å². The summed E-state index contributed by atoms with van der Waals surface area (Å²) in [5, 5.41) is 2.61. The topological polar surface area (TPSA) is 27.7 Å². The Morgan fingerprint density at radius 2 is 1.43 bits per heavy atom. The van der Waals surface area contributed by atoms with Crippen LogP contribution in [0.2, 0.25) is 5.04 Å². The van der Waals surface area contributed by atoms with Gasteiger partial charge in [0.15, 0.2) is 5.79 Å². The van der Waals surface area contributed by atoms with Gasteiger partial charge in [0.2, 0.25) is 0 Å². The summed E-state index contributed by atoms with van der Waals surface area (Å²) in [6.45, 7) is 20.1. The first-order chi connectivity index (χ1) is 17.4. The lowest BCUT2D eigenvalue weighted by Crippen LogP contribution is -2.67. The van der Waals surface area contributed by atoms with Crippen LogP contribution < -0.4 is 10.4 Å². The van der Waals surface area contributed by atoms with E-state index in [1.54, 1.807) is 0 Å². The highest BCUT2D eigenvalue weighted by atomic mass is 28.4. The van der Waals surface area contributed by atoms with E-state index in [2.05, 4.69) is 121 Å². The largest absolute Gasteiger partial charge is 0.404 e. The predicted octanol–water partition coefficient (Wildman–Crippen LogP) is 7.49. The van der Waals surface area contributed by atoms with Crippen molar-refractivity contribution in [3.05, 3.63) is 72.8 Å². The number of ether oxygens (including phenoxy) is 2. The van der Waals surface area contributed by atoms with Gasteiger partial charge in [0.25, 0.3) is 8.32 Å². The molecule has 5 atom stereocenters. The van der Waals surface area contributed by atoms with E-state index in [1.807, 2.05) is 13.8 Å². The van der Waals surface area contributed by atoms with E-state index in [1.165, 1.54) is 16.8 Å². The highest BCUT2D eigenvalue weighted by molar-refractivity contribution is 6.99. The summed E-state index contributed by atoms with van der Waals surface area (Å²) in [7, 11) is -2.58. The van der Waals surface area contributed by atoms with Crippen molar-refractivity contribution < 1.29 is 13.9 Å². The lowest BCUT2D eigenvalue weighted by Gasteiger charge is -2.45. The molecule has 1 heterocycles. The fraction of sp³-hybridized carbons (Fsp3) is 0.576. The van der Waals surface area contributed by atoms with Crippen LogP contribution in [0.1, 0.15) is 81.6 Å². The van der Waals surface area contributed by atoms with Crippen LogP contribution in [0.15, 0.2) is 72.8 Å². The SMILES string of the molecule is CCCC[C@@H]1OC(C)(C)OC1[C@H](C)/C=C\[C@@H](C)[C@H](C)O[Si](c1ccccc1)(c1ccccc1)C(C)(C)C. The fourth-order valence-corrected chi connectivity index (χ4v) is 10.4. The first-order valence-corrected chi connectivity index (χ1v) is 16.1. The molecule has 2 aromatic rings. The summed E-state index contributed by atoms with van der Waals surface area (Å²) >= 11 is 0. The van der Waals surface area contributed by atoms with Crippen LogP contribution in [-0.2, 0) is 13.9 Å². The molecular formula is C33H50O3Si. The Hall–Kier alpha value is -1.72. The van der Waals surface area contributed by atoms with Gasteiger partial charge in [-0.1, -0.05) is 127 Å². The van der Waals surface area contributed by atoms with Gasteiger partial charge in [0.05, 0.1) is 12.2 Å². The maximum absolute atomic E-state index is 7.33. The lowest BCUT2D eigenvalue weighted by atomic mass is 9.94. The molecule has 0 bridgehead atoms. The van der Waals surface area contributed by atoms with Crippen LogP contribution in [0.3, 0.4) is 0 Å². The Labute approximate surface area is 227 Å². The van der Waals surface area contributed by atoms with Crippen molar-refractivity contribution >= 4 is 18.7 Å². The minimum absolute atomic E-state index is 0.0339. The zero-order valence-electron chi connectivity index (χ0n) is 24.7. The van der Waals surface area contributed by atoms with Crippen molar-refractivity contribution in [2.75, 3.05) is 0 Å². The van der Waals surface area contributed by atoms with E-state index in [-0.39, 0.29) is 35.2 Å². The molecule has 0 saturated carbocycles. The van der Waals surface area contributed by atoms with E-state index in [0.29, 0.717) is 0 Å². The third-order valence-electron chi connectivity index (χ3n) is 7.82. The van der Waals surface area contributed by atoms with E-state index in [0.717, 1.165) is 12.8 Å². The van der Waals surface area contributed by atoms with E-state index in [4.69, 9.17) is 13.9 Å². The quantitative estimate of drug-likeness (QED) is 0.226. The molecule has 204 valence electrons. The normalized spacial score (nSPS) is 22.7. The zero-order chi connectivity index (χ0) is 27.3. The van der Waals surface area contributed by atoms with Gasteiger partial charge in [0.1, 0.15) is 0 Å². The van der Waals surface area contributed by atoms with Crippen LogP contribution in [0.25, 0.3) is 0 Å². The van der Waals surface area contributed by atoms with Crippen molar-refractivity contribution in [3.8, 4) is 0 Å². The van der Waals surface area contributed by atoms with E-state index in [9.17, 15) is 0 Å². The van der Waals surface area contributed by atoms with Crippen molar-refractivity contribution in [3.63, 3.8) is 0 Å². The van der Waals surface area contributed by atoms with Crippen molar-refractivity contribution in [1.82, 2.24) is 0 Å². The molecular weight excluding hydrogens is 472 g/mol. The molecule has 0 aromatic heterocycles. The lowest BCUT2D eigenvalue weighted by molar-refractivity contribution is -0.149. The summed E-state index contributed by atoms with van der Waals surface area (Å²) < 4.78 is 20.0. The average molecular weight is 523 g/mol. The molecule has 0 amide bonds. The van der Waals surface area contributed by atoms with Crippen LogP contribution in [-0.4, -0.2) is 32.4 Å². The highest BCUT2D eigenvalue weighted by Crippen LogP contribution is 2.39. The summed E-state index contributed by atoms with van der Waals surface area (Å²) in [6, 6.07) is 21.8. The Morgan fingerprint density at radius 1 is 0.892 bits per heavy atom. The average Bonchev–Trinajstić information content (AvgIpc) is 3.18. The van der Waals surface area contributed by atoms with Gasteiger partial charge in [-0.25, -0.2) is 0 Å². The number of hydrogen-bond donors (Lipinski definition) is 0. The predicted molar refractivity (Wildman–Crippen MR) is 159 cm³/mol. The molecule has 37 heavy (non-hydrogen) atoms. The molecule has 2 aromatic carbocycles. The monoisotopic (exact) mass is 522 g/mol. The van der Waals surface area contributed by atoms with Gasteiger partial charge in [-0.3, -0.25) is 0 Å². The molecule has 0 N–H and O–H groups in total. The minimum Gasteiger partial charge on any atom is -0.404 e. The zero-order valence-corrected chi connectivity index (χ0v) is 25.7. The maximum Gasteiger partial charge on any atom is 0.261 e. The molecule has 1 fully saturated rings. The Kier molecular flexibility index (Phi) is 10.0. The number of unbranched alkanes of at least 4 members (excludes halogenated alkanes) is 1. The van der Waals surface area contributed by atoms with Gasteiger partial charge < -0.3 is 13.9 Å². The summed E-state index contributed by atoms with van der Waals surface area (Å²) in [4.78, 5) is 0. The van der Waals surface area contributed by atoms with Crippen LogP contribution in [0.5, 0.6) is 0 Å². The molecule has 3 nitrogen and oxygen atoms in total. The first kappa shape index (κ1) is 29.8. The van der Waals surface area contributed by atoms with E-state index >= 15 is 0 Å². The molecule has 1 aliphatic heterocycles. The fourth-order valence-electron chi connectivity index (χ4n) is 5.63. The standard InChI is InChI=1S/C33H50O3Si/c1-10-11-22-30-31(35-33(8,9)34-30)26(3)24-23-25(2)27(4)36-37(32(5,6)7,28-18-14-12-15-19-28)29-20-16-13-17-21-29/h12-21,23-27,30-31H,10-11,22H2,1-9H3/b24-23-/t25-,26-,27+,30+,31?/m1/s1. The second kappa shape index (κ2) is 12.4. The molecule has 1 unspecified atom stereocenters. The van der Waals surface area contributed by atoms with Crippen molar-refractivity contribution in [1.29, 1.82) is 0 Å². The first-order valence-electron chi connectivity index (χ1n) is 14.2.